The largest absolute Gasteiger partial charge is 0.326 e. The molecule has 2 aliphatic rings. The number of pyridine rings is 1. The van der Waals surface area contributed by atoms with E-state index in [1.54, 1.807) is 19.3 Å². The van der Waals surface area contributed by atoms with E-state index in [1.165, 1.54) is 8.61 Å². The molecule has 1 aromatic heterocycles. The van der Waals surface area contributed by atoms with Gasteiger partial charge in [0.1, 0.15) is 11.8 Å². The number of aromatic nitrogens is 1. The second-order valence-electron chi connectivity index (χ2n) is 6.19. The van der Waals surface area contributed by atoms with Gasteiger partial charge in [0.05, 0.1) is 11.4 Å². The molecule has 0 unspecified atom stereocenters. The highest BCUT2D eigenvalue weighted by molar-refractivity contribution is 7.94. The van der Waals surface area contributed by atoms with Crippen molar-refractivity contribution < 1.29 is 8.42 Å². The van der Waals surface area contributed by atoms with Gasteiger partial charge in [-0.25, -0.2) is 4.98 Å². The van der Waals surface area contributed by atoms with Crippen LogP contribution < -0.4 is 8.61 Å². The van der Waals surface area contributed by atoms with E-state index in [0.29, 0.717) is 23.8 Å². The van der Waals surface area contributed by atoms with Gasteiger partial charge in [0, 0.05) is 19.8 Å². The number of hydrogen-bond donors (Lipinski definition) is 0. The van der Waals surface area contributed by atoms with Crippen molar-refractivity contribution in [1.82, 2.24) is 4.98 Å². The highest BCUT2D eigenvalue weighted by atomic mass is 32.2. The zero-order valence-corrected chi connectivity index (χ0v) is 14.0. The average Bonchev–Trinajstić information content (AvgIpc) is 3.39. The minimum Gasteiger partial charge on any atom is -0.254 e. The van der Waals surface area contributed by atoms with Gasteiger partial charge in [-0.2, -0.15) is 13.7 Å². The molecule has 2 heterocycles. The van der Waals surface area contributed by atoms with Crippen LogP contribution in [0.3, 0.4) is 0 Å². The molecule has 0 bridgehead atoms. The second kappa shape index (κ2) is 5.21. The molecule has 1 saturated carbocycles. The molecule has 2 aromatic rings. The lowest BCUT2D eigenvalue weighted by atomic mass is 10.0. The normalized spacial score (nSPS) is 18.3. The molecule has 1 aliphatic heterocycles. The number of nitrogens with zero attached hydrogens (tertiary/aromatic N) is 4. The highest BCUT2D eigenvalue weighted by Gasteiger charge is 2.40. The molecule has 7 heteroatoms. The van der Waals surface area contributed by atoms with Gasteiger partial charge >= 0.3 is 10.2 Å². The molecule has 1 aromatic carbocycles. The number of rotatable bonds is 3. The monoisotopic (exact) mass is 340 g/mol. The Morgan fingerprint density at radius 1 is 1.21 bits per heavy atom. The fraction of sp³-hybridized carbons (Fsp3) is 0.294. The lowest BCUT2D eigenvalue weighted by Gasteiger charge is -2.18. The Bertz CT molecular complexity index is 961. The van der Waals surface area contributed by atoms with Crippen LogP contribution in [0.2, 0.25) is 0 Å². The maximum absolute atomic E-state index is 12.7. The Morgan fingerprint density at radius 3 is 2.67 bits per heavy atom. The predicted molar refractivity (Wildman–Crippen MR) is 91.8 cm³/mol. The standard InChI is InChI=1S/C17H16N4O2S/c1-20-17-9-13(14-6-7-19-15(8-14)10-18)4-5-16(17)21(24(20,22)23)11-12-2-3-12/h4-9,12H,2-3,11H2,1H3. The first-order chi connectivity index (χ1) is 11.5. The molecule has 1 fully saturated rings. The van der Waals surface area contributed by atoms with E-state index in [4.69, 9.17) is 5.26 Å². The van der Waals surface area contributed by atoms with Crippen LogP contribution in [0.4, 0.5) is 11.4 Å². The minimum absolute atomic E-state index is 0.337. The molecular weight excluding hydrogens is 324 g/mol. The Hall–Kier alpha value is -2.59. The molecule has 0 N–H and O–H groups in total. The van der Waals surface area contributed by atoms with E-state index >= 15 is 0 Å². The summed E-state index contributed by atoms with van der Waals surface area (Å²) in [5.74, 6) is 0.470. The van der Waals surface area contributed by atoms with Crippen molar-refractivity contribution in [1.29, 1.82) is 5.26 Å². The Labute approximate surface area is 141 Å². The van der Waals surface area contributed by atoms with Gasteiger partial charge in [-0.15, -0.1) is 0 Å². The zero-order valence-electron chi connectivity index (χ0n) is 13.2. The number of nitriles is 1. The molecule has 0 atom stereocenters. The van der Waals surface area contributed by atoms with Crippen molar-refractivity contribution in [2.75, 3.05) is 22.2 Å². The molecule has 0 amide bonds. The maximum Gasteiger partial charge on any atom is 0.326 e. The van der Waals surface area contributed by atoms with E-state index in [2.05, 4.69) is 4.98 Å². The van der Waals surface area contributed by atoms with E-state index in [9.17, 15) is 8.42 Å². The summed E-state index contributed by atoms with van der Waals surface area (Å²) in [5, 5.41) is 8.99. The van der Waals surface area contributed by atoms with Crippen molar-refractivity contribution >= 4 is 21.6 Å². The molecule has 24 heavy (non-hydrogen) atoms. The van der Waals surface area contributed by atoms with Gasteiger partial charge in [0.15, 0.2) is 0 Å². The summed E-state index contributed by atoms with van der Waals surface area (Å²) >= 11 is 0. The fourth-order valence-electron chi connectivity index (χ4n) is 2.96. The third-order valence-corrected chi connectivity index (χ3v) is 6.33. The van der Waals surface area contributed by atoms with Gasteiger partial charge in [-0.1, -0.05) is 6.07 Å². The lowest BCUT2D eigenvalue weighted by molar-refractivity contribution is 0.590. The van der Waals surface area contributed by atoms with Crippen molar-refractivity contribution in [2.24, 2.45) is 5.92 Å². The van der Waals surface area contributed by atoms with Gasteiger partial charge in [-0.05, 0) is 54.2 Å². The first-order valence-electron chi connectivity index (χ1n) is 7.78. The Morgan fingerprint density at radius 2 is 1.96 bits per heavy atom. The van der Waals surface area contributed by atoms with Crippen LogP contribution in [0.15, 0.2) is 36.5 Å². The predicted octanol–water partition coefficient (Wildman–Crippen LogP) is 2.53. The topological polar surface area (TPSA) is 77.3 Å². The highest BCUT2D eigenvalue weighted by Crippen LogP contribution is 2.44. The van der Waals surface area contributed by atoms with Crippen LogP contribution >= 0.6 is 0 Å². The van der Waals surface area contributed by atoms with Crippen LogP contribution in [-0.4, -0.2) is 27.0 Å². The van der Waals surface area contributed by atoms with Crippen molar-refractivity contribution in [3.05, 3.63) is 42.2 Å². The van der Waals surface area contributed by atoms with E-state index in [-0.39, 0.29) is 0 Å². The van der Waals surface area contributed by atoms with Gasteiger partial charge in [0.2, 0.25) is 0 Å². The Kier molecular flexibility index (Phi) is 3.25. The third-order valence-electron chi connectivity index (χ3n) is 4.54. The van der Waals surface area contributed by atoms with Gasteiger partial charge in [-0.3, -0.25) is 8.61 Å². The number of anilines is 2. The summed E-state index contributed by atoms with van der Waals surface area (Å²) in [6, 6.07) is 11.1. The first kappa shape index (κ1) is 15.0. The molecular formula is C17H16N4O2S. The van der Waals surface area contributed by atoms with Crippen LogP contribution in [0.1, 0.15) is 18.5 Å². The van der Waals surface area contributed by atoms with Crippen molar-refractivity contribution in [2.45, 2.75) is 12.8 Å². The molecule has 0 radical (unpaired) electrons. The lowest BCUT2D eigenvalue weighted by Crippen LogP contribution is -2.36. The summed E-state index contributed by atoms with van der Waals surface area (Å²) in [6.45, 7) is 0.548. The Balaban J connectivity index is 1.78. The van der Waals surface area contributed by atoms with E-state index in [0.717, 1.165) is 29.7 Å². The number of fused-ring (bicyclic) bond motifs is 1. The van der Waals surface area contributed by atoms with E-state index < -0.39 is 10.2 Å². The second-order valence-corrected chi connectivity index (χ2v) is 8.08. The molecule has 6 nitrogen and oxygen atoms in total. The van der Waals surface area contributed by atoms with Crippen LogP contribution in [0.5, 0.6) is 0 Å². The van der Waals surface area contributed by atoms with Crippen LogP contribution in [-0.2, 0) is 10.2 Å². The van der Waals surface area contributed by atoms with E-state index in [1.807, 2.05) is 30.3 Å². The van der Waals surface area contributed by atoms with Gasteiger partial charge in [0.25, 0.3) is 0 Å². The smallest absolute Gasteiger partial charge is 0.254 e. The molecule has 0 spiro atoms. The summed E-state index contributed by atoms with van der Waals surface area (Å²) in [7, 11) is -1.91. The van der Waals surface area contributed by atoms with Crippen molar-refractivity contribution in [3.8, 4) is 17.2 Å². The number of benzene rings is 1. The molecule has 4 rings (SSSR count). The first-order valence-corrected chi connectivity index (χ1v) is 9.17. The maximum atomic E-state index is 12.7. The molecule has 122 valence electrons. The average molecular weight is 340 g/mol. The summed E-state index contributed by atoms with van der Waals surface area (Å²) < 4.78 is 28.2. The quantitative estimate of drug-likeness (QED) is 0.860. The van der Waals surface area contributed by atoms with Crippen LogP contribution in [0, 0.1) is 17.2 Å². The van der Waals surface area contributed by atoms with Crippen LogP contribution in [0.25, 0.3) is 11.1 Å². The fourth-order valence-corrected chi connectivity index (χ4v) is 4.45. The summed E-state index contributed by atoms with van der Waals surface area (Å²) in [6.07, 6.45) is 3.77. The van der Waals surface area contributed by atoms with Crippen molar-refractivity contribution in [3.63, 3.8) is 0 Å². The third kappa shape index (κ3) is 2.31. The molecule has 1 aliphatic carbocycles. The zero-order chi connectivity index (χ0) is 16.9. The SMILES string of the molecule is CN1c2cc(-c3ccnc(C#N)c3)ccc2N(CC2CC2)S1(=O)=O. The summed E-state index contributed by atoms with van der Waals surface area (Å²) in [5.41, 5.74) is 3.44. The minimum atomic E-state index is -3.49. The van der Waals surface area contributed by atoms with Gasteiger partial charge < -0.3 is 0 Å². The number of hydrogen-bond acceptors (Lipinski definition) is 4. The molecule has 0 saturated heterocycles. The summed E-state index contributed by atoms with van der Waals surface area (Å²) in [4.78, 5) is 3.97.